The molecule has 5 rings (SSSR count). The summed E-state index contributed by atoms with van der Waals surface area (Å²) in [6.45, 7) is 21.1. The first-order chi connectivity index (χ1) is 30.7. The molecule has 3 aliphatic rings. The van der Waals surface area contributed by atoms with Crippen LogP contribution < -0.4 is 21.1 Å². The molecule has 68 heavy (non-hydrogen) atoms. The van der Waals surface area contributed by atoms with Gasteiger partial charge in [-0.1, -0.05) is 133 Å². The maximum absolute atomic E-state index is 12.4. The number of carbonyl (C=O) groups excluding carboxylic acids is 4. The Labute approximate surface area is 439 Å². The number of carbonyl (C=O) groups is 4. The van der Waals surface area contributed by atoms with Gasteiger partial charge in [0.05, 0.1) is 12.8 Å². The summed E-state index contributed by atoms with van der Waals surface area (Å²) >= 11 is 0. The Morgan fingerprint density at radius 1 is 0.794 bits per heavy atom. The number of aryl methyl sites for hydroxylation is 1. The first-order valence-corrected chi connectivity index (χ1v) is 25.3. The fourth-order valence-electron chi connectivity index (χ4n) is 9.29. The summed E-state index contributed by atoms with van der Waals surface area (Å²) in [6.07, 6.45) is 28.4. The molecule has 0 aliphatic heterocycles. The van der Waals surface area contributed by atoms with Gasteiger partial charge in [-0.05, 0) is 123 Å². The molecule has 0 spiro atoms. The third-order valence-corrected chi connectivity index (χ3v) is 14.4. The molecule has 2 amide bonds. The van der Waals surface area contributed by atoms with Gasteiger partial charge in [0.15, 0.2) is 0 Å². The first kappa shape index (κ1) is 70.0. The van der Waals surface area contributed by atoms with E-state index in [1.54, 1.807) is 18.2 Å². The summed E-state index contributed by atoms with van der Waals surface area (Å²) in [5, 5.41) is 10.6. The molecular weight excluding hydrogens is 978 g/mol. The first-order valence-electron chi connectivity index (χ1n) is 24.1. The van der Waals surface area contributed by atoms with Gasteiger partial charge in [0.1, 0.15) is 0 Å². The SMILES string of the molecule is C.C.C=CC=CCC(=O)ONP.CCC(C)C(C)C(C)(c1cc(CNC(=O)CC2CCCC2)c(C)[nH]1)C(C)CC.O=C(CC1CCCC1)NCc1cc[nH]c1.O=C(CC1CCCC1)ONP.[Fe].[Fe]. The Hall–Kier alpha value is -2.26. The molecule has 6 N–H and O–H groups in total. The van der Waals surface area contributed by atoms with E-state index in [9.17, 15) is 19.2 Å². The van der Waals surface area contributed by atoms with E-state index < -0.39 is 0 Å². The average molecular weight is 1070 g/mol. The number of hydrogen-bond acceptors (Lipinski definition) is 8. The van der Waals surface area contributed by atoms with E-state index in [1.807, 2.05) is 18.5 Å². The van der Waals surface area contributed by atoms with Gasteiger partial charge in [-0.2, -0.15) is 0 Å². The van der Waals surface area contributed by atoms with E-state index in [0.717, 1.165) is 5.56 Å². The molecule has 12 nitrogen and oxygen atoms in total. The second kappa shape index (κ2) is 40.3. The van der Waals surface area contributed by atoms with E-state index in [4.69, 9.17) is 0 Å². The van der Waals surface area contributed by atoms with E-state index >= 15 is 0 Å². The number of nitrogens with one attached hydrogen (secondary N) is 6. The van der Waals surface area contributed by atoms with E-state index in [2.05, 4.69) is 121 Å². The molecule has 0 aromatic carbocycles. The normalized spacial score (nSPS) is 16.6. The van der Waals surface area contributed by atoms with Crippen molar-refractivity contribution in [1.29, 1.82) is 0 Å². The number of hydrogen-bond donors (Lipinski definition) is 6. The monoisotopic (exact) mass is 1070 g/mol. The summed E-state index contributed by atoms with van der Waals surface area (Å²) in [7, 11) is 4.20. The molecule has 2 heterocycles. The van der Waals surface area contributed by atoms with Crippen LogP contribution in [0.4, 0.5) is 0 Å². The molecule has 6 unspecified atom stereocenters. The van der Waals surface area contributed by atoms with Crippen molar-refractivity contribution >= 4 is 42.5 Å². The molecule has 16 heteroatoms. The van der Waals surface area contributed by atoms with Gasteiger partial charge in [-0.3, -0.25) is 19.2 Å². The molecule has 2 aromatic rings. The van der Waals surface area contributed by atoms with Crippen LogP contribution in [0.25, 0.3) is 0 Å². The summed E-state index contributed by atoms with van der Waals surface area (Å²) in [4.78, 5) is 61.0. The Kier molecular flexibility index (Phi) is 41.5. The van der Waals surface area contributed by atoms with Gasteiger partial charge in [-0.25, -0.2) is 0 Å². The molecule has 3 saturated carbocycles. The number of rotatable bonds is 21. The standard InChI is InChI=1S/C25H44N2O.C12H18N2O.C7H14NO2P.C6H10NO2P.2CH4.2Fe/c1-8-17(3)19(5)25(7,18(4)9-2)23-15-22(20(6)27-23)16-26-24(28)14-21-12-10-11-13-21;15-12(7-10-3-1-2-4-10)14-9-11-5-6-13-8-11;9-7(10-8-11)5-6-3-1-2-4-6;1-2-3-4-5-6(8)9-7-10;;;;/h15,17-19,21,27H,8-14,16H2,1-7H3,(H,26,28);5-6,8,10,13H,1-4,7,9H2,(H,14,15);6,8H,1-5,11H2;2-4,7H,1,5,10H2;2*1H4;;. The van der Waals surface area contributed by atoms with Crippen molar-refractivity contribution in [3.8, 4) is 0 Å². The van der Waals surface area contributed by atoms with Crippen molar-refractivity contribution in [3.05, 3.63) is 71.8 Å². The maximum atomic E-state index is 12.4. The van der Waals surface area contributed by atoms with E-state index in [1.165, 1.54) is 107 Å². The van der Waals surface area contributed by atoms with Crippen LogP contribution in [0.5, 0.6) is 0 Å². The zero-order valence-electron chi connectivity index (χ0n) is 41.2. The van der Waals surface area contributed by atoms with Crippen LogP contribution in [0.2, 0.25) is 0 Å². The number of aromatic amines is 2. The van der Waals surface area contributed by atoms with Crippen molar-refractivity contribution in [2.24, 2.45) is 35.5 Å². The number of aromatic nitrogens is 2. The smallest absolute Gasteiger partial charge is 0.328 e. The van der Waals surface area contributed by atoms with E-state index in [-0.39, 0.29) is 84.6 Å². The number of amides is 2. The van der Waals surface area contributed by atoms with Gasteiger partial charge in [0.2, 0.25) is 11.8 Å². The number of allylic oxidation sites excluding steroid dienone is 2. The quantitative estimate of drug-likeness (QED) is 0.0311. The van der Waals surface area contributed by atoms with Crippen molar-refractivity contribution in [2.45, 2.75) is 197 Å². The summed E-state index contributed by atoms with van der Waals surface area (Å²) in [5.74, 6) is 3.62. The van der Waals surface area contributed by atoms with Gasteiger partial charge in [-0.15, -0.1) is 10.5 Å². The summed E-state index contributed by atoms with van der Waals surface area (Å²) < 4.78 is 0. The van der Waals surface area contributed by atoms with Gasteiger partial charge in [0.25, 0.3) is 0 Å². The second-order valence-electron chi connectivity index (χ2n) is 18.5. The van der Waals surface area contributed by atoms with Crippen molar-refractivity contribution in [1.82, 2.24) is 31.1 Å². The minimum absolute atomic E-state index is 0. The van der Waals surface area contributed by atoms with Crippen LogP contribution in [0.1, 0.15) is 194 Å². The molecule has 2 aromatic heterocycles. The van der Waals surface area contributed by atoms with Crippen molar-refractivity contribution in [2.75, 3.05) is 0 Å². The molecule has 0 radical (unpaired) electrons. The molecule has 3 aliphatic carbocycles. The molecule has 0 bridgehead atoms. The van der Waals surface area contributed by atoms with Gasteiger partial charge >= 0.3 is 11.9 Å². The Morgan fingerprint density at radius 2 is 1.28 bits per heavy atom. The Balaban J connectivity index is -0.000000894. The third-order valence-electron chi connectivity index (χ3n) is 14.1. The summed E-state index contributed by atoms with van der Waals surface area (Å²) in [6, 6.07) is 4.31. The molecule has 394 valence electrons. The van der Waals surface area contributed by atoms with Crippen molar-refractivity contribution < 1.29 is 63.0 Å². The second-order valence-corrected chi connectivity index (χ2v) is 19.0. The fourth-order valence-corrected chi connectivity index (χ4v) is 9.55. The average Bonchev–Trinajstić information content (AvgIpc) is 4.15. The minimum Gasteiger partial charge on any atom is -0.368 e. The number of H-pyrrole nitrogens is 2. The minimum atomic E-state index is -0.326. The zero-order chi connectivity index (χ0) is 47.3. The van der Waals surface area contributed by atoms with Crippen LogP contribution in [0, 0.1) is 42.4 Å². The zero-order valence-corrected chi connectivity index (χ0v) is 45.7. The predicted octanol–water partition coefficient (Wildman–Crippen LogP) is 12.3. The predicted molar refractivity (Wildman–Crippen MR) is 280 cm³/mol. The molecular formula is C52H94Fe2N6O6P2. The van der Waals surface area contributed by atoms with E-state index in [0.29, 0.717) is 67.9 Å². The van der Waals surface area contributed by atoms with Crippen LogP contribution in [0.15, 0.2) is 49.3 Å². The van der Waals surface area contributed by atoms with Crippen LogP contribution in [-0.2, 0) is 81.5 Å². The molecule has 3 fully saturated rings. The van der Waals surface area contributed by atoms with Gasteiger partial charge in [0, 0.05) is 89.3 Å². The fraction of sp³-hybridized carbons (Fsp3) is 0.692. The van der Waals surface area contributed by atoms with Crippen LogP contribution in [-0.4, -0.2) is 33.7 Å². The Bertz CT molecular complexity index is 1660. The van der Waals surface area contributed by atoms with Gasteiger partial charge < -0.3 is 30.3 Å². The van der Waals surface area contributed by atoms with Crippen molar-refractivity contribution in [3.63, 3.8) is 0 Å². The largest absolute Gasteiger partial charge is 0.368 e. The Morgan fingerprint density at radius 3 is 1.72 bits per heavy atom. The third kappa shape index (κ3) is 26.8. The van der Waals surface area contributed by atoms with Crippen LogP contribution in [0.3, 0.4) is 0 Å². The molecule has 6 atom stereocenters. The topological polar surface area (TPSA) is 166 Å². The summed E-state index contributed by atoms with van der Waals surface area (Å²) in [5.41, 5.74) is 5.02. The molecule has 0 saturated heterocycles. The van der Waals surface area contributed by atoms with Crippen LogP contribution >= 0.6 is 18.8 Å². The maximum Gasteiger partial charge on any atom is 0.328 e.